The van der Waals surface area contributed by atoms with Crippen LogP contribution >= 0.6 is 0 Å². The van der Waals surface area contributed by atoms with Gasteiger partial charge in [-0.3, -0.25) is 0 Å². The number of hydrogen-bond donors (Lipinski definition) is 0. The van der Waals surface area contributed by atoms with Crippen molar-refractivity contribution in [3.63, 3.8) is 0 Å². The van der Waals surface area contributed by atoms with Crippen LogP contribution in [0.4, 0.5) is 0 Å². The second-order valence-corrected chi connectivity index (χ2v) is 3.95. The van der Waals surface area contributed by atoms with Crippen LogP contribution in [0.3, 0.4) is 0 Å². The molecule has 0 N–H and O–H groups in total. The number of allylic oxidation sites excluding steroid dienone is 3. The van der Waals surface area contributed by atoms with Crippen molar-refractivity contribution in [2.24, 2.45) is 17.3 Å². The summed E-state index contributed by atoms with van der Waals surface area (Å²) in [5.74, 6) is 1.18. The molecule has 2 aliphatic carbocycles. The van der Waals surface area contributed by atoms with Gasteiger partial charge in [0.2, 0.25) is 0 Å². The Labute approximate surface area is 73.4 Å². The number of rotatable bonds is 2. The zero-order valence-corrected chi connectivity index (χ0v) is 7.16. The van der Waals surface area contributed by atoms with Crippen molar-refractivity contribution in [3.05, 3.63) is 24.8 Å². The standard InChI is InChI=1S/C11H13N/c1-2-5-11(8-12)7-9-3-4-10(11)6-9/h2-4,9-10H,1,5-7H2/t9?,10?,11-/m1/s1. The van der Waals surface area contributed by atoms with Crippen molar-refractivity contribution in [2.75, 3.05) is 0 Å². The molecule has 1 heteroatoms. The molecule has 0 radical (unpaired) electrons. The molecule has 2 bridgehead atoms. The summed E-state index contributed by atoms with van der Waals surface area (Å²) in [5, 5.41) is 9.14. The van der Waals surface area contributed by atoms with Crippen LogP contribution in [0.15, 0.2) is 24.8 Å². The van der Waals surface area contributed by atoms with Crippen LogP contribution < -0.4 is 0 Å². The van der Waals surface area contributed by atoms with Gasteiger partial charge in [0, 0.05) is 0 Å². The summed E-state index contributed by atoms with van der Waals surface area (Å²) in [6.45, 7) is 3.73. The summed E-state index contributed by atoms with van der Waals surface area (Å²) in [7, 11) is 0. The van der Waals surface area contributed by atoms with Gasteiger partial charge in [-0.2, -0.15) is 5.26 Å². The molecule has 12 heavy (non-hydrogen) atoms. The molecule has 2 unspecified atom stereocenters. The first-order chi connectivity index (χ1) is 5.80. The fourth-order valence-electron chi connectivity index (χ4n) is 2.62. The monoisotopic (exact) mass is 159 g/mol. The number of hydrogen-bond acceptors (Lipinski definition) is 1. The Bertz CT molecular complexity index is 271. The molecule has 0 amide bonds. The summed E-state index contributed by atoms with van der Waals surface area (Å²) in [6, 6.07) is 2.49. The number of nitrogens with zero attached hydrogens (tertiary/aromatic N) is 1. The maximum absolute atomic E-state index is 9.14. The maximum atomic E-state index is 9.14. The molecule has 2 rings (SSSR count). The van der Waals surface area contributed by atoms with Gasteiger partial charge in [-0.1, -0.05) is 18.2 Å². The summed E-state index contributed by atoms with van der Waals surface area (Å²) < 4.78 is 0. The molecule has 2 aliphatic rings. The Kier molecular flexibility index (Phi) is 1.58. The van der Waals surface area contributed by atoms with Gasteiger partial charge < -0.3 is 0 Å². The van der Waals surface area contributed by atoms with E-state index in [0.29, 0.717) is 11.8 Å². The van der Waals surface area contributed by atoms with E-state index in [0.717, 1.165) is 12.8 Å². The second kappa shape index (κ2) is 2.48. The Balaban J connectivity index is 2.26. The van der Waals surface area contributed by atoms with Gasteiger partial charge in [-0.25, -0.2) is 0 Å². The molecule has 1 fully saturated rings. The minimum absolute atomic E-state index is 0.0961. The molecule has 1 nitrogen and oxygen atoms in total. The minimum atomic E-state index is -0.0961. The van der Waals surface area contributed by atoms with Crippen LogP contribution in [0.5, 0.6) is 0 Å². The predicted octanol–water partition coefficient (Wildman–Crippen LogP) is 2.67. The van der Waals surface area contributed by atoms with Crippen molar-refractivity contribution in [1.29, 1.82) is 5.26 Å². The largest absolute Gasteiger partial charge is 0.198 e. The third kappa shape index (κ3) is 0.845. The summed E-state index contributed by atoms with van der Waals surface area (Å²) in [4.78, 5) is 0. The minimum Gasteiger partial charge on any atom is -0.198 e. The summed E-state index contributed by atoms with van der Waals surface area (Å²) >= 11 is 0. The van der Waals surface area contributed by atoms with Gasteiger partial charge in [0.05, 0.1) is 11.5 Å². The second-order valence-electron chi connectivity index (χ2n) is 3.95. The predicted molar refractivity (Wildman–Crippen MR) is 48.2 cm³/mol. The molecule has 0 saturated heterocycles. The van der Waals surface area contributed by atoms with Gasteiger partial charge in [-0.05, 0) is 31.1 Å². The molecule has 0 heterocycles. The molecule has 62 valence electrons. The van der Waals surface area contributed by atoms with Gasteiger partial charge in [-0.15, -0.1) is 6.58 Å². The van der Waals surface area contributed by atoms with E-state index in [1.807, 2.05) is 6.08 Å². The normalized spacial score (nSPS) is 42.9. The Morgan fingerprint density at radius 2 is 2.50 bits per heavy atom. The van der Waals surface area contributed by atoms with E-state index < -0.39 is 0 Å². The average Bonchev–Trinajstić information content (AvgIpc) is 2.64. The lowest BCUT2D eigenvalue weighted by molar-refractivity contribution is 0.331. The van der Waals surface area contributed by atoms with E-state index in [4.69, 9.17) is 5.26 Å². The van der Waals surface area contributed by atoms with Gasteiger partial charge in [0.1, 0.15) is 0 Å². The van der Waals surface area contributed by atoms with Crippen LogP contribution in [0.1, 0.15) is 19.3 Å². The fraction of sp³-hybridized carbons (Fsp3) is 0.545. The van der Waals surface area contributed by atoms with Crippen molar-refractivity contribution < 1.29 is 0 Å². The van der Waals surface area contributed by atoms with Crippen LogP contribution in [0.2, 0.25) is 0 Å². The summed E-state index contributed by atoms with van der Waals surface area (Å²) in [5.41, 5.74) is -0.0961. The first-order valence-electron chi connectivity index (χ1n) is 4.51. The third-order valence-corrected chi connectivity index (χ3v) is 3.24. The van der Waals surface area contributed by atoms with Gasteiger partial charge >= 0.3 is 0 Å². The van der Waals surface area contributed by atoms with Crippen molar-refractivity contribution in [2.45, 2.75) is 19.3 Å². The van der Waals surface area contributed by atoms with Crippen LogP contribution in [-0.2, 0) is 0 Å². The number of fused-ring (bicyclic) bond motifs is 2. The Hall–Kier alpha value is -1.03. The van der Waals surface area contributed by atoms with E-state index in [2.05, 4.69) is 24.8 Å². The lowest BCUT2D eigenvalue weighted by atomic mass is 9.74. The Morgan fingerprint density at radius 1 is 1.67 bits per heavy atom. The lowest BCUT2D eigenvalue weighted by Gasteiger charge is -2.26. The zero-order chi connectivity index (χ0) is 8.60. The van der Waals surface area contributed by atoms with Crippen molar-refractivity contribution in [3.8, 4) is 6.07 Å². The maximum Gasteiger partial charge on any atom is 0.0699 e. The van der Waals surface area contributed by atoms with Gasteiger partial charge in [0.15, 0.2) is 0 Å². The molecular formula is C11H13N. The van der Waals surface area contributed by atoms with Crippen LogP contribution in [0, 0.1) is 28.6 Å². The fourth-order valence-corrected chi connectivity index (χ4v) is 2.62. The Morgan fingerprint density at radius 3 is 2.92 bits per heavy atom. The summed E-state index contributed by atoms with van der Waals surface area (Å²) in [6.07, 6.45) is 9.48. The zero-order valence-electron chi connectivity index (χ0n) is 7.16. The highest BCUT2D eigenvalue weighted by Gasteiger charge is 2.47. The smallest absolute Gasteiger partial charge is 0.0699 e. The average molecular weight is 159 g/mol. The van der Waals surface area contributed by atoms with Crippen molar-refractivity contribution >= 4 is 0 Å². The molecule has 3 atom stereocenters. The molecule has 0 aromatic rings. The molecule has 0 aromatic carbocycles. The van der Waals surface area contributed by atoms with Gasteiger partial charge in [0.25, 0.3) is 0 Å². The number of nitriles is 1. The van der Waals surface area contributed by atoms with Crippen LogP contribution in [0.25, 0.3) is 0 Å². The highest BCUT2D eigenvalue weighted by Crippen LogP contribution is 2.53. The first kappa shape index (κ1) is 7.61. The van der Waals surface area contributed by atoms with E-state index in [1.54, 1.807) is 0 Å². The third-order valence-electron chi connectivity index (χ3n) is 3.24. The van der Waals surface area contributed by atoms with E-state index in [-0.39, 0.29) is 5.41 Å². The molecule has 0 aliphatic heterocycles. The quantitative estimate of drug-likeness (QED) is 0.568. The van der Waals surface area contributed by atoms with E-state index >= 15 is 0 Å². The topological polar surface area (TPSA) is 23.8 Å². The SMILES string of the molecule is C=CC[C@]1(C#N)CC2C=CC1C2. The first-order valence-corrected chi connectivity index (χ1v) is 4.51. The molecule has 1 saturated carbocycles. The van der Waals surface area contributed by atoms with E-state index in [1.165, 1.54) is 6.42 Å². The molecule has 0 spiro atoms. The van der Waals surface area contributed by atoms with Crippen LogP contribution in [-0.4, -0.2) is 0 Å². The highest BCUT2D eigenvalue weighted by molar-refractivity contribution is 5.23. The van der Waals surface area contributed by atoms with E-state index in [9.17, 15) is 0 Å². The lowest BCUT2D eigenvalue weighted by Crippen LogP contribution is -2.22. The molecule has 0 aromatic heterocycles. The van der Waals surface area contributed by atoms with Crippen molar-refractivity contribution in [1.82, 2.24) is 0 Å². The highest BCUT2D eigenvalue weighted by atomic mass is 14.5. The molecular weight excluding hydrogens is 146 g/mol.